The Hall–Kier alpha value is -1.94. The Morgan fingerprint density at radius 1 is 1.25 bits per heavy atom. The van der Waals surface area contributed by atoms with Gasteiger partial charge in [-0.25, -0.2) is 9.97 Å². The Bertz CT molecular complexity index is 626. The lowest BCUT2D eigenvalue weighted by Gasteiger charge is -2.15. The van der Waals surface area contributed by atoms with Crippen LogP contribution in [0.15, 0.2) is 30.5 Å². The molecule has 1 aromatic carbocycles. The van der Waals surface area contributed by atoms with E-state index < -0.39 is 0 Å². The summed E-state index contributed by atoms with van der Waals surface area (Å²) in [5.74, 6) is 0.481. The van der Waals surface area contributed by atoms with E-state index in [9.17, 15) is 4.79 Å². The highest BCUT2D eigenvalue weighted by molar-refractivity contribution is 6.30. The van der Waals surface area contributed by atoms with Crippen molar-refractivity contribution in [2.45, 2.75) is 26.8 Å². The highest BCUT2D eigenvalue weighted by Crippen LogP contribution is 2.16. The van der Waals surface area contributed by atoms with E-state index in [1.807, 2.05) is 19.1 Å². The molecule has 5 heteroatoms. The lowest BCUT2D eigenvalue weighted by atomic mass is 10.1. The van der Waals surface area contributed by atoms with Crippen molar-refractivity contribution in [1.29, 1.82) is 0 Å². The summed E-state index contributed by atoms with van der Waals surface area (Å²) in [5, 5.41) is 3.61. The smallest absolute Gasteiger partial charge is 0.255 e. The molecule has 1 N–H and O–H groups in total. The number of carbonyl (C=O) groups excluding carboxylic acids is 1. The molecule has 1 aromatic heterocycles. The van der Waals surface area contributed by atoms with Crippen LogP contribution >= 0.6 is 11.6 Å². The molecule has 20 heavy (non-hydrogen) atoms. The molecule has 0 aliphatic heterocycles. The maximum atomic E-state index is 12.2. The normalized spacial score (nSPS) is 12.0. The van der Waals surface area contributed by atoms with E-state index in [-0.39, 0.29) is 11.9 Å². The van der Waals surface area contributed by atoms with Gasteiger partial charge in [0.25, 0.3) is 5.91 Å². The molecule has 0 saturated heterocycles. The molecule has 0 aliphatic carbocycles. The third-order valence-electron chi connectivity index (χ3n) is 3.06. The standard InChI is InChI=1S/C15H16ClN3O/c1-9(12-4-6-13(16)7-5-12)19-15(20)14-8-17-11(3)18-10(14)2/h4-9H,1-3H3,(H,19,20)/t9-/m0/s1. The molecule has 104 valence electrons. The van der Waals surface area contributed by atoms with Crippen LogP contribution in [0.5, 0.6) is 0 Å². The van der Waals surface area contributed by atoms with E-state index in [2.05, 4.69) is 15.3 Å². The van der Waals surface area contributed by atoms with E-state index in [1.54, 1.807) is 32.2 Å². The second-order valence-electron chi connectivity index (χ2n) is 4.66. The summed E-state index contributed by atoms with van der Waals surface area (Å²) in [6, 6.07) is 7.29. The van der Waals surface area contributed by atoms with Gasteiger partial charge in [0.1, 0.15) is 5.82 Å². The van der Waals surface area contributed by atoms with Crippen LogP contribution in [0.25, 0.3) is 0 Å². The summed E-state index contributed by atoms with van der Waals surface area (Å²) in [6.45, 7) is 5.52. The maximum absolute atomic E-state index is 12.2. The number of nitrogens with one attached hydrogen (secondary N) is 1. The van der Waals surface area contributed by atoms with Gasteiger partial charge in [-0.15, -0.1) is 0 Å². The van der Waals surface area contributed by atoms with Crippen molar-refractivity contribution in [3.8, 4) is 0 Å². The van der Waals surface area contributed by atoms with E-state index in [0.717, 1.165) is 5.56 Å². The fourth-order valence-corrected chi connectivity index (χ4v) is 2.04. The summed E-state index contributed by atoms with van der Waals surface area (Å²) in [4.78, 5) is 20.5. The van der Waals surface area contributed by atoms with E-state index in [4.69, 9.17) is 11.6 Å². The van der Waals surface area contributed by atoms with Crippen molar-refractivity contribution in [1.82, 2.24) is 15.3 Å². The van der Waals surface area contributed by atoms with Crippen LogP contribution in [0.1, 0.15) is 40.4 Å². The molecule has 0 radical (unpaired) electrons. The van der Waals surface area contributed by atoms with Gasteiger partial charge < -0.3 is 5.32 Å². The van der Waals surface area contributed by atoms with Crippen LogP contribution in [0, 0.1) is 13.8 Å². The van der Waals surface area contributed by atoms with Crippen molar-refractivity contribution in [2.75, 3.05) is 0 Å². The van der Waals surface area contributed by atoms with Crippen molar-refractivity contribution in [2.24, 2.45) is 0 Å². The molecule has 0 spiro atoms. The van der Waals surface area contributed by atoms with Gasteiger partial charge in [-0.3, -0.25) is 4.79 Å². The maximum Gasteiger partial charge on any atom is 0.255 e. The van der Waals surface area contributed by atoms with Crippen LogP contribution in [-0.2, 0) is 0 Å². The number of aromatic nitrogens is 2. The summed E-state index contributed by atoms with van der Waals surface area (Å²) < 4.78 is 0. The number of hydrogen-bond acceptors (Lipinski definition) is 3. The van der Waals surface area contributed by atoms with Gasteiger partial charge in [0.15, 0.2) is 0 Å². The first-order chi connectivity index (χ1) is 9.47. The molecule has 1 amide bonds. The molecule has 0 unspecified atom stereocenters. The fraction of sp³-hybridized carbons (Fsp3) is 0.267. The quantitative estimate of drug-likeness (QED) is 0.944. The zero-order chi connectivity index (χ0) is 14.7. The molecule has 0 saturated carbocycles. The van der Waals surface area contributed by atoms with Gasteiger partial charge in [-0.2, -0.15) is 0 Å². The van der Waals surface area contributed by atoms with Gasteiger partial charge in [-0.1, -0.05) is 23.7 Å². The van der Waals surface area contributed by atoms with E-state index >= 15 is 0 Å². The Morgan fingerprint density at radius 3 is 2.50 bits per heavy atom. The molecule has 0 aliphatic rings. The molecule has 0 bridgehead atoms. The molecule has 1 heterocycles. The Kier molecular flexibility index (Phi) is 4.35. The van der Waals surface area contributed by atoms with Crippen molar-refractivity contribution >= 4 is 17.5 Å². The summed E-state index contributed by atoms with van der Waals surface area (Å²) in [6.07, 6.45) is 1.56. The first-order valence-corrected chi connectivity index (χ1v) is 6.71. The topological polar surface area (TPSA) is 54.9 Å². The van der Waals surface area contributed by atoms with Crippen LogP contribution in [0.3, 0.4) is 0 Å². The summed E-state index contributed by atoms with van der Waals surface area (Å²) in [5.41, 5.74) is 2.17. The van der Waals surface area contributed by atoms with Gasteiger partial charge >= 0.3 is 0 Å². The zero-order valence-electron chi connectivity index (χ0n) is 11.6. The van der Waals surface area contributed by atoms with Gasteiger partial charge in [0.2, 0.25) is 0 Å². The van der Waals surface area contributed by atoms with Gasteiger partial charge in [0, 0.05) is 11.2 Å². The zero-order valence-corrected chi connectivity index (χ0v) is 12.4. The molecular formula is C15H16ClN3O. The highest BCUT2D eigenvalue weighted by atomic mass is 35.5. The van der Waals surface area contributed by atoms with Crippen LogP contribution in [0.2, 0.25) is 5.02 Å². The molecule has 1 atom stereocenters. The fourth-order valence-electron chi connectivity index (χ4n) is 1.92. The molecule has 4 nitrogen and oxygen atoms in total. The molecular weight excluding hydrogens is 274 g/mol. The van der Waals surface area contributed by atoms with E-state index in [1.165, 1.54) is 0 Å². The number of hydrogen-bond donors (Lipinski definition) is 1. The predicted octanol–water partition coefficient (Wildman–Crippen LogP) is 3.24. The number of rotatable bonds is 3. The monoisotopic (exact) mass is 289 g/mol. The molecule has 2 aromatic rings. The average Bonchev–Trinajstić information content (AvgIpc) is 2.39. The molecule has 2 rings (SSSR count). The Labute approximate surface area is 123 Å². The first-order valence-electron chi connectivity index (χ1n) is 6.34. The lowest BCUT2D eigenvalue weighted by molar-refractivity contribution is 0.0938. The third kappa shape index (κ3) is 3.33. The lowest BCUT2D eigenvalue weighted by Crippen LogP contribution is -2.27. The van der Waals surface area contributed by atoms with Crippen LogP contribution in [0.4, 0.5) is 0 Å². The number of aryl methyl sites for hydroxylation is 2. The van der Waals surface area contributed by atoms with Crippen molar-refractivity contribution in [3.05, 3.63) is 58.1 Å². The Balaban J connectivity index is 2.13. The second-order valence-corrected chi connectivity index (χ2v) is 5.10. The van der Waals surface area contributed by atoms with Gasteiger partial charge in [0.05, 0.1) is 17.3 Å². The van der Waals surface area contributed by atoms with Crippen molar-refractivity contribution in [3.63, 3.8) is 0 Å². The van der Waals surface area contributed by atoms with Gasteiger partial charge in [-0.05, 0) is 38.5 Å². The highest BCUT2D eigenvalue weighted by Gasteiger charge is 2.14. The SMILES string of the molecule is Cc1ncc(C(=O)N[C@@H](C)c2ccc(Cl)cc2)c(C)n1. The first kappa shape index (κ1) is 14.5. The molecule has 0 fully saturated rings. The summed E-state index contributed by atoms with van der Waals surface area (Å²) in [7, 11) is 0. The number of halogens is 1. The largest absolute Gasteiger partial charge is 0.345 e. The number of carbonyl (C=O) groups is 1. The minimum absolute atomic E-state index is 0.111. The number of nitrogens with zero attached hydrogens (tertiary/aromatic N) is 2. The predicted molar refractivity (Wildman–Crippen MR) is 78.8 cm³/mol. The Morgan fingerprint density at radius 2 is 1.90 bits per heavy atom. The summed E-state index contributed by atoms with van der Waals surface area (Å²) >= 11 is 5.85. The van der Waals surface area contributed by atoms with E-state index in [0.29, 0.717) is 22.1 Å². The van der Waals surface area contributed by atoms with Crippen LogP contribution < -0.4 is 5.32 Å². The minimum atomic E-state index is -0.176. The number of benzene rings is 1. The number of amides is 1. The van der Waals surface area contributed by atoms with Crippen LogP contribution in [-0.4, -0.2) is 15.9 Å². The van der Waals surface area contributed by atoms with Crippen molar-refractivity contribution < 1.29 is 4.79 Å². The third-order valence-corrected chi connectivity index (χ3v) is 3.31. The second kappa shape index (κ2) is 6.01. The minimum Gasteiger partial charge on any atom is -0.345 e. The average molecular weight is 290 g/mol.